The molecule has 5 heteroatoms. The first kappa shape index (κ1) is 23.0. The molecule has 0 aliphatic heterocycles. The van der Waals surface area contributed by atoms with E-state index in [9.17, 15) is 0 Å². The van der Waals surface area contributed by atoms with E-state index in [1.54, 1.807) is 0 Å². The van der Waals surface area contributed by atoms with Gasteiger partial charge in [-0.05, 0) is 48.2 Å². The maximum atomic E-state index is 6.25. The minimum Gasteiger partial charge on any atom is -0.491 e. The fourth-order valence-corrected chi connectivity index (χ4v) is 3.33. The quantitative estimate of drug-likeness (QED) is 0.338. The van der Waals surface area contributed by atoms with Crippen LogP contribution in [0.2, 0.25) is 10.0 Å². The summed E-state index contributed by atoms with van der Waals surface area (Å²) in [6, 6.07) is 12.1. The minimum absolute atomic E-state index is 0.361. The van der Waals surface area contributed by atoms with Crippen molar-refractivity contribution >= 4 is 23.2 Å². The van der Waals surface area contributed by atoms with E-state index in [4.69, 9.17) is 32.7 Å². The molecule has 154 valence electrons. The van der Waals surface area contributed by atoms with Crippen molar-refractivity contribution in [2.75, 3.05) is 40.5 Å². The molecule has 0 radical (unpaired) electrons. The number of halogens is 2. The molecule has 3 nitrogen and oxygen atoms in total. The molecule has 0 unspecified atom stereocenters. The molecule has 2 rings (SSSR count). The lowest BCUT2D eigenvalue weighted by molar-refractivity contribution is -0.904. The number of hydrogen-bond donors (Lipinski definition) is 0. The second-order valence-corrected chi connectivity index (χ2v) is 9.04. The average Bonchev–Trinajstić information content (AvgIpc) is 2.62. The van der Waals surface area contributed by atoms with E-state index in [0.29, 0.717) is 25.7 Å². The van der Waals surface area contributed by atoms with Crippen molar-refractivity contribution in [2.24, 2.45) is 0 Å². The molecule has 2 aromatic carbocycles. The van der Waals surface area contributed by atoms with Crippen LogP contribution in [0, 0.1) is 6.92 Å². The van der Waals surface area contributed by atoms with Crippen LogP contribution in [-0.2, 0) is 11.3 Å². The minimum atomic E-state index is 0.361. The van der Waals surface area contributed by atoms with Gasteiger partial charge in [-0.1, -0.05) is 49.2 Å². The van der Waals surface area contributed by atoms with Gasteiger partial charge < -0.3 is 14.0 Å². The van der Waals surface area contributed by atoms with Gasteiger partial charge in [0.05, 0.1) is 27.3 Å². The van der Waals surface area contributed by atoms with E-state index < -0.39 is 0 Å². The summed E-state index contributed by atoms with van der Waals surface area (Å²) in [5.74, 6) is 1.26. The third kappa shape index (κ3) is 7.29. The van der Waals surface area contributed by atoms with Gasteiger partial charge in [0.15, 0.2) is 0 Å². The molecule has 0 spiro atoms. The topological polar surface area (TPSA) is 18.5 Å². The van der Waals surface area contributed by atoms with Crippen molar-refractivity contribution in [3.63, 3.8) is 0 Å². The Morgan fingerprint density at radius 1 is 0.964 bits per heavy atom. The van der Waals surface area contributed by atoms with E-state index in [1.807, 2.05) is 31.2 Å². The van der Waals surface area contributed by atoms with E-state index in [2.05, 4.69) is 40.1 Å². The normalized spacial score (nSPS) is 11.9. The predicted molar refractivity (Wildman–Crippen MR) is 119 cm³/mol. The number of aryl methyl sites for hydroxylation is 1. The second kappa shape index (κ2) is 10.5. The predicted octanol–water partition coefficient (Wildman–Crippen LogP) is 6.10. The molecule has 0 atom stereocenters. The van der Waals surface area contributed by atoms with Gasteiger partial charge in [-0.3, -0.25) is 0 Å². The summed E-state index contributed by atoms with van der Waals surface area (Å²) in [7, 11) is 4.42. The molecule has 0 bridgehead atoms. The van der Waals surface area contributed by atoms with Crippen LogP contribution in [0.1, 0.15) is 36.5 Å². The Balaban J connectivity index is 1.74. The van der Waals surface area contributed by atoms with Crippen molar-refractivity contribution in [2.45, 2.75) is 33.2 Å². The summed E-state index contributed by atoms with van der Waals surface area (Å²) < 4.78 is 12.6. The van der Waals surface area contributed by atoms with Crippen molar-refractivity contribution in [3.05, 3.63) is 63.1 Å². The summed E-state index contributed by atoms with van der Waals surface area (Å²) in [6.07, 6.45) is 0. The van der Waals surface area contributed by atoms with Gasteiger partial charge in [0, 0.05) is 15.6 Å². The molecular weight excluding hydrogens is 393 g/mol. The number of ether oxygens (including phenoxy) is 2. The van der Waals surface area contributed by atoms with Crippen LogP contribution in [-0.4, -0.2) is 44.9 Å². The van der Waals surface area contributed by atoms with Crippen LogP contribution in [0.5, 0.6) is 5.75 Å². The molecule has 0 saturated heterocycles. The van der Waals surface area contributed by atoms with Crippen LogP contribution < -0.4 is 4.74 Å². The third-order valence-corrected chi connectivity index (χ3v) is 5.42. The molecule has 28 heavy (non-hydrogen) atoms. The highest BCUT2D eigenvalue weighted by Gasteiger charge is 2.16. The lowest BCUT2D eigenvalue weighted by atomic mass is 10.0. The fraction of sp³-hybridized carbons (Fsp3) is 0.478. The third-order valence-electron chi connectivity index (χ3n) is 4.76. The number of nitrogens with zero attached hydrogens (tertiary/aromatic N) is 1. The summed E-state index contributed by atoms with van der Waals surface area (Å²) >= 11 is 12.2. The number of likely N-dealkylation sites (N-methyl/N-ethyl adjacent to an activating group) is 1. The smallest absolute Gasteiger partial charge is 0.123 e. The molecule has 0 amide bonds. The zero-order valence-corrected chi connectivity index (χ0v) is 19.1. The Kier molecular flexibility index (Phi) is 8.63. The standard InChI is InChI=1S/C23H32Cl2NO2/c1-17(2)21-15-22(25)18(3)14-23(21)28-13-12-27-11-10-26(4,5)16-19-6-8-20(24)9-7-19/h6-9,14-15,17H,10-13,16H2,1-5H3/q+1. The van der Waals surface area contributed by atoms with E-state index in [1.165, 1.54) is 5.56 Å². The second-order valence-electron chi connectivity index (χ2n) is 8.20. The Morgan fingerprint density at radius 2 is 1.64 bits per heavy atom. The molecular formula is C23H32Cl2NO2+. The first-order valence-electron chi connectivity index (χ1n) is 9.75. The molecule has 0 saturated carbocycles. The van der Waals surface area contributed by atoms with Gasteiger partial charge in [0.25, 0.3) is 0 Å². The van der Waals surface area contributed by atoms with Crippen LogP contribution in [0.25, 0.3) is 0 Å². The van der Waals surface area contributed by atoms with Crippen molar-refractivity contribution < 1.29 is 14.0 Å². The number of benzene rings is 2. The maximum Gasteiger partial charge on any atom is 0.123 e. The van der Waals surface area contributed by atoms with Crippen LogP contribution in [0.4, 0.5) is 0 Å². The first-order chi connectivity index (χ1) is 13.2. The lowest BCUT2D eigenvalue weighted by Gasteiger charge is -2.29. The SMILES string of the molecule is Cc1cc(OCCOCC[N+](C)(C)Cc2ccc(Cl)cc2)c(C(C)C)cc1Cl. The Hall–Kier alpha value is -1.26. The van der Waals surface area contributed by atoms with Crippen molar-refractivity contribution in [3.8, 4) is 5.75 Å². The van der Waals surface area contributed by atoms with E-state index in [-0.39, 0.29) is 0 Å². The highest BCUT2D eigenvalue weighted by molar-refractivity contribution is 6.31. The Labute approximate surface area is 179 Å². The van der Waals surface area contributed by atoms with E-state index in [0.717, 1.165) is 44.5 Å². The highest BCUT2D eigenvalue weighted by Crippen LogP contribution is 2.31. The maximum absolute atomic E-state index is 6.25. The van der Waals surface area contributed by atoms with Gasteiger partial charge in [-0.25, -0.2) is 0 Å². The number of rotatable bonds is 10. The number of quaternary nitrogens is 1. The molecule has 0 aliphatic carbocycles. The first-order valence-corrected chi connectivity index (χ1v) is 10.5. The van der Waals surface area contributed by atoms with E-state index >= 15 is 0 Å². The highest BCUT2D eigenvalue weighted by atomic mass is 35.5. The largest absolute Gasteiger partial charge is 0.491 e. The molecule has 0 fully saturated rings. The van der Waals surface area contributed by atoms with Crippen molar-refractivity contribution in [1.29, 1.82) is 0 Å². The summed E-state index contributed by atoms with van der Waals surface area (Å²) in [6.45, 7) is 9.96. The van der Waals surface area contributed by atoms with Crippen LogP contribution >= 0.6 is 23.2 Å². The average molecular weight is 425 g/mol. The number of hydrogen-bond acceptors (Lipinski definition) is 2. The van der Waals surface area contributed by atoms with Crippen LogP contribution in [0.15, 0.2) is 36.4 Å². The van der Waals surface area contributed by atoms with Gasteiger partial charge >= 0.3 is 0 Å². The molecule has 0 aliphatic rings. The summed E-state index contributed by atoms with van der Waals surface area (Å²) in [5, 5.41) is 1.56. The van der Waals surface area contributed by atoms with Crippen LogP contribution in [0.3, 0.4) is 0 Å². The lowest BCUT2D eigenvalue weighted by Crippen LogP contribution is -2.41. The van der Waals surface area contributed by atoms with Gasteiger partial charge in [0.1, 0.15) is 25.4 Å². The molecule has 0 heterocycles. The molecule has 0 N–H and O–H groups in total. The molecule has 0 aromatic heterocycles. The zero-order valence-electron chi connectivity index (χ0n) is 17.6. The Bertz CT molecular complexity index is 758. The molecule has 2 aromatic rings. The summed E-state index contributed by atoms with van der Waals surface area (Å²) in [5.41, 5.74) is 3.44. The monoisotopic (exact) mass is 424 g/mol. The van der Waals surface area contributed by atoms with Gasteiger partial charge in [0.2, 0.25) is 0 Å². The fourth-order valence-electron chi connectivity index (χ4n) is 3.03. The Morgan fingerprint density at radius 3 is 2.29 bits per heavy atom. The van der Waals surface area contributed by atoms with Gasteiger partial charge in [-0.15, -0.1) is 0 Å². The van der Waals surface area contributed by atoms with Crippen molar-refractivity contribution in [1.82, 2.24) is 0 Å². The summed E-state index contributed by atoms with van der Waals surface area (Å²) in [4.78, 5) is 0. The van der Waals surface area contributed by atoms with Gasteiger partial charge in [-0.2, -0.15) is 0 Å². The zero-order chi connectivity index (χ0) is 20.7.